The zero-order valence-electron chi connectivity index (χ0n) is 14.1. The van der Waals surface area contributed by atoms with Crippen molar-refractivity contribution in [3.63, 3.8) is 0 Å². The number of likely N-dealkylation sites (N-methyl/N-ethyl adjacent to an activating group) is 1. The average Bonchev–Trinajstić information content (AvgIpc) is 2.61. The number of aryl methyl sites for hydroxylation is 1. The molecule has 0 atom stereocenters. The molecule has 0 radical (unpaired) electrons. The third kappa shape index (κ3) is 3.86. The van der Waals surface area contributed by atoms with E-state index in [9.17, 15) is 4.79 Å². The maximum Gasteiger partial charge on any atom is 0.254 e. The number of aromatic nitrogens is 3. The highest BCUT2D eigenvalue weighted by atomic mass is 16.1. The van der Waals surface area contributed by atoms with Gasteiger partial charge < -0.3 is 15.1 Å². The second kappa shape index (κ2) is 7.35. The average molecular weight is 326 g/mol. The van der Waals surface area contributed by atoms with Gasteiger partial charge >= 0.3 is 0 Å². The zero-order chi connectivity index (χ0) is 16.9. The largest absolute Gasteiger partial charge is 0.348 e. The van der Waals surface area contributed by atoms with Crippen molar-refractivity contribution in [2.75, 3.05) is 38.1 Å². The van der Waals surface area contributed by atoms with Gasteiger partial charge in [0.05, 0.1) is 11.3 Å². The predicted octanol–water partition coefficient (Wildman–Crippen LogP) is 0.862. The van der Waals surface area contributed by atoms with Crippen LogP contribution in [0.15, 0.2) is 30.7 Å². The molecule has 1 amide bonds. The minimum Gasteiger partial charge on any atom is -0.348 e. The minimum absolute atomic E-state index is 0.165. The molecule has 2 aromatic heterocycles. The molecule has 0 aromatic carbocycles. The quantitative estimate of drug-likeness (QED) is 0.898. The Bertz CT molecular complexity index is 697. The van der Waals surface area contributed by atoms with Crippen molar-refractivity contribution < 1.29 is 4.79 Å². The lowest BCUT2D eigenvalue weighted by Gasteiger charge is -2.32. The van der Waals surface area contributed by atoms with E-state index in [2.05, 4.69) is 37.1 Å². The molecule has 1 N–H and O–H groups in total. The van der Waals surface area contributed by atoms with Gasteiger partial charge in [0.1, 0.15) is 0 Å². The van der Waals surface area contributed by atoms with Crippen LogP contribution in [0.5, 0.6) is 0 Å². The molecule has 1 saturated heterocycles. The van der Waals surface area contributed by atoms with Crippen molar-refractivity contribution in [1.29, 1.82) is 0 Å². The van der Waals surface area contributed by atoms with Crippen LogP contribution in [0.3, 0.4) is 0 Å². The minimum atomic E-state index is -0.165. The number of carbonyl (C=O) groups is 1. The van der Waals surface area contributed by atoms with Gasteiger partial charge in [0.2, 0.25) is 5.95 Å². The summed E-state index contributed by atoms with van der Waals surface area (Å²) < 4.78 is 0. The molecule has 0 saturated carbocycles. The highest BCUT2D eigenvalue weighted by Crippen LogP contribution is 2.13. The van der Waals surface area contributed by atoms with Crippen LogP contribution >= 0.6 is 0 Å². The maximum absolute atomic E-state index is 12.3. The van der Waals surface area contributed by atoms with Crippen LogP contribution in [-0.2, 0) is 6.54 Å². The number of piperazine rings is 1. The molecule has 24 heavy (non-hydrogen) atoms. The molecule has 126 valence electrons. The number of nitrogens with zero attached hydrogens (tertiary/aromatic N) is 5. The van der Waals surface area contributed by atoms with Crippen molar-refractivity contribution in [3.05, 3.63) is 47.5 Å². The monoisotopic (exact) mass is 326 g/mol. The highest BCUT2D eigenvalue weighted by Gasteiger charge is 2.18. The Hall–Kier alpha value is -2.54. The molecule has 0 bridgehead atoms. The first-order valence-electron chi connectivity index (χ1n) is 8.08. The van der Waals surface area contributed by atoms with Crippen LogP contribution < -0.4 is 10.2 Å². The number of hydrogen-bond donors (Lipinski definition) is 1. The van der Waals surface area contributed by atoms with Gasteiger partial charge in [-0.3, -0.25) is 9.78 Å². The van der Waals surface area contributed by atoms with E-state index in [4.69, 9.17) is 0 Å². The second-order valence-electron chi connectivity index (χ2n) is 6.00. The molecule has 1 aliphatic heterocycles. The van der Waals surface area contributed by atoms with Gasteiger partial charge in [0, 0.05) is 51.3 Å². The van der Waals surface area contributed by atoms with Crippen LogP contribution in [0.25, 0.3) is 0 Å². The molecule has 1 aliphatic rings. The number of anilines is 1. The summed E-state index contributed by atoms with van der Waals surface area (Å²) in [5, 5.41) is 2.88. The standard InChI is InChI=1S/C17H22N6O/c1-13-15(16(24)19-11-14-4-3-5-18-10-14)12-20-17(21-13)23-8-6-22(2)7-9-23/h3-5,10,12H,6-9,11H2,1-2H3,(H,19,24). The fourth-order valence-corrected chi connectivity index (χ4v) is 2.62. The van der Waals surface area contributed by atoms with E-state index < -0.39 is 0 Å². The van der Waals surface area contributed by atoms with E-state index in [1.54, 1.807) is 18.6 Å². The number of pyridine rings is 1. The molecular formula is C17H22N6O. The van der Waals surface area contributed by atoms with Gasteiger partial charge in [-0.15, -0.1) is 0 Å². The fourth-order valence-electron chi connectivity index (χ4n) is 2.62. The summed E-state index contributed by atoms with van der Waals surface area (Å²) in [6.45, 7) is 6.09. The van der Waals surface area contributed by atoms with E-state index in [0.29, 0.717) is 23.8 Å². The van der Waals surface area contributed by atoms with Crippen molar-refractivity contribution in [2.24, 2.45) is 0 Å². The smallest absolute Gasteiger partial charge is 0.254 e. The van der Waals surface area contributed by atoms with Gasteiger partial charge in [-0.2, -0.15) is 0 Å². The van der Waals surface area contributed by atoms with Crippen molar-refractivity contribution >= 4 is 11.9 Å². The molecule has 7 nitrogen and oxygen atoms in total. The lowest BCUT2D eigenvalue weighted by atomic mass is 10.2. The van der Waals surface area contributed by atoms with Crippen LogP contribution in [0, 0.1) is 6.92 Å². The number of carbonyl (C=O) groups excluding carboxylic acids is 1. The first-order chi connectivity index (χ1) is 11.6. The van der Waals surface area contributed by atoms with E-state index in [-0.39, 0.29) is 5.91 Å². The lowest BCUT2D eigenvalue weighted by Crippen LogP contribution is -2.45. The molecule has 0 unspecified atom stereocenters. The van der Waals surface area contributed by atoms with E-state index in [0.717, 1.165) is 31.7 Å². The summed E-state index contributed by atoms with van der Waals surface area (Å²) >= 11 is 0. The van der Waals surface area contributed by atoms with E-state index in [1.807, 2.05) is 19.1 Å². The molecule has 1 fully saturated rings. The van der Waals surface area contributed by atoms with Crippen molar-refractivity contribution in [1.82, 2.24) is 25.2 Å². The maximum atomic E-state index is 12.3. The Labute approximate surface area is 141 Å². The topological polar surface area (TPSA) is 74.2 Å². The fraction of sp³-hybridized carbons (Fsp3) is 0.412. The Morgan fingerprint density at radius 1 is 1.25 bits per heavy atom. The van der Waals surface area contributed by atoms with Gasteiger partial charge in [0.15, 0.2) is 0 Å². The summed E-state index contributed by atoms with van der Waals surface area (Å²) in [7, 11) is 2.11. The molecule has 2 aromatic rings. The molecule has 3 heterocycles. The molecule has 7 heteroatoms. The van der Waals surface area contributed by atoms with Crippen LogP contribution in [-0.4, -0.2) is 59.0 Å². The third-order valence-corrected chi connectivity index (χ3v) is 4.17. The lowest BCUT2D eigenvalue weighted by molar-refractivity contribution is 0.0949. The van der Waals surface area contributed by atoms with Crippen molar-refractivity contribution in [3.8, 4) is 0 Å². The zero-order valence-corrected chi connectivity index (χ0v) is 14.1. The Balaban J connectivity index is 1.64. The Morgan fingerprint density at radius 3 is 2.71 bits per heavy atom. The number of amides is 1. The summed E-state index contributed by atoms with van der Waals surface area (Å²) in [6, 6.07) is 3.77. The second-order valence-corrected chi connectivity index (χ2v) is 6.00. The van der Waals surface area contributed by atoms with Crippen LogP contribution in [0.2, 0.25) is 0 Å². The van der Waals surface area contributed by atoms with Crippen molar-refractivity contribution in [2.45, 2.75) is 13.5 Å². The molecule has 0 aliphatic carbocycles. The first kappa shape index (κ1) is 16.3. The molecular weight excluding hydrogens is 304 g/mol. The highest BCUT2D eigenvalue weighted by molar-refractivity contribution is 5.94. The van der Waals surface area contributed by atoms with E-state index >= 15 is 0 Å². The van der Waals surface area contributed by atoms with Crippen LogP contribution in [0.1, 0.15) is 21.6 Å². The Kier molecular flexibility index (Phi) is 5.00. The summed E-state index contributed by atoms with van der Waals surface area (Å²) in [6.07, 6.45) is 5.06. The molecule has 0 spiro atoms. The summed E-state index contributed by atoms with van der Waals surface area (Å²) in [5.41, 5.74) is 2.16. The number of nitrogens with one attached hydrogen (secondary N) is 1. The SMILES string of the molecule is Cc1nc(N2CCN(C)CC2)ncc1C(=O)NCc1cccnc1. The van der Waals surface area contributed by atoms with Crippen LogP contribution in [0.4, 0.5) is 5.95 Å². The molecule has 3 rings (SSSR count). The summed E-state index contributed by atoms with van der Waals surface area (Å²) in [5.74, 6) is 0.533. The van der Waals surface area contributed by atoms with Gasteiger partial charge in [0.25, 0.3) is 5.91 Å². The predicted molar refractivity (Wildman–Crippen MR) is 91.9 cm³/mol. The number of rotatable bonds is 4. The van der Waals surface area contributed by atoms with Gasteiger partial charge in [-0.05, 0) is 25.6 Å². The van der Waals surface area contributed by atoms with Gasteiger partial charge in [-0.25, -0.2) is 9.97 Å². The summed E-state index contributed by atoms with van der Waals surface area (Å²) in [4.78, 5) is 29.7. The Morgan fingerprint density at radius 2 is 2.04 bits per heavy atom. The first-order valence-corrected chi connectivity index (χ1v) is 8.08. The van der Waals surface area contributed by atoms with E-state index in [1.165, 1.54) is 0 Å². The normalized spacial score (nSPS) is 15.3. The third-order valence-electron chi connectivity index (χ3n) is 4.17. The number of hydrogen-bond acceptors (Lipinski definition) is 6. The van der Waals surface area contributed by atoms with Gasteiger partial charge in [-0.1, -0.05) is 6.07 Å².